The molecule has 1 heterocycles. The van der Waals surface area contributed by atoms with Crippen LogP contribution in [-0.4, -0.2) is 0 Å². The molecule has 0 bridgehead atoms. The Morgan fingerprint density at radius 3 is 2.43 bits per heavy atom. The highest BCUT2D eigenvalue weighted by Gasteiger charge is 2.16. The van der Waals surface area contributed by atoms with Crippen molar-refractivity contribution in [3.05, 3.63) is 42.1 Å². The first kappa shape index (κ1) is 9.57. The van der Waals surface area contributed by atoms with Gasteiger partial charge in [0.1, 0.15) is 0 Å². The van der Waals surface area contributed by atoms with Gasteiger partial charge in [0.25, 0.3) is 0 Å². The molecular weight excluding hydrogens is 170 g/mol. The second kappa shape index (κ2) is 5.04. The molecule has 0 spiro atoms. The molecule has 0 aromatic carbocycles. The van der Waals surface area contributed by atoms with Crippen LogP contribution in [0.15, 0.2) is 36.2 Å². The van der Waals surface area contributed by atoms with Gasteiger partial charge in [-0.1, -0.05) is 37.8 Å². The van der Waals surface area contributed by atoms with Crippen LogP contribution in [0.1, 0.15) is 38.5 Å². The summed E-state index contributed by atoms with van der Waals surface area (Å²) in [6.07, 6.45) is 18.5. The molecule has 0 aromatic rings. The quantitative estimate of drug-likeness (QED) is 0.621. The van der Waals surface area contributed by atoms with Crippen molar-refractivity contribution in [2.75, 3.05) is 0 Å². The van der Waals surface area contributed by atoms with E-state index in [4.69, 9.17) is 0 Å². The maximum absolute atomic E-state index is 3.36. The van der Waals surface area contributed by atoms with Crippen molar-refractivity contribution < 1.29 is 0 Å². The summed E-state index contributed by atoms with van der Waals surface area (Å²) < 4.78 is 0. The Labute approximate surface area is 86.6 Å². The molecule has 1 aliphatic carbocycles. The third-order valence-electron chi connectivity index (χ3n) is 2.91. The topological polar surface area (TPSA) is 12.0 Å². The van der Waals surface area contributed by atoms with Crippen LogP contribution < -0.4 is 5.32 Å². The molecule has 0 unspecified atom stereocenters. The van der Waals surface area contributed by atoms with Crippen LogP contribution in [0.3, 0.4) is 0 Å². The average Bonchev–Trinajstić information content (AvgIpc) is 2.62. The first-order chi connectivity index (χ1) is 6.97. The molecule has 0 atom stereocenters. The van der Waals surface area contributed by atoms with E-state index >= 15 is 0 Å². The number of hydrogen-bond donors (Lipinski definition) is 1. The highest BCUT2D eigenvalue weighted by molar-refractivity contribution is 5.31. The average molecular weight is 188 g/mol. The fourth-order valence-corrected chi connectivity index (χ4v) is 2.10. The monoisotopic (exact) mass is 188 g/mol. The van der Waals surface area contributed by atoms with Crippen molar-refractivity contribution in [1.29, 1.82) is 0 Å². The molecule has 2 aliphatic rings. The largest absolute Gasteiger partial charge is 0.365 e. The molecule has 1 N–H and O–H groups in total. The van der Waals surface area contributed by atoms with Gasteiger partial charge in [-0.25, -0.2) is 0 Å². The molecule has 1 aliphatic heterocycles. The zero-order valence-electron chi connectivity index (χ0n) is 8.63. The van der Waals surface area contributed by atoms with Gasteiger partial charge in [-0.05, 0) is 25.0 Å². The Hall–Kier alpha value is -0.980. The predicted octanol–water partition coefficient (Wildman–Crippen LogP) is 3.47. The van der Waals surface area contributed by atoms with Crippen molar-refractivity contribution >= 4 is 0 Å². The molecule has 1 nitrogen and oxygen atoms in total. The van der Waals surface area contributed by atoms with E-state index in [0.29, 0.717) is 0 Å². The molecule has 1 radical (unpaired) electrons. The van der Waals surface area contributed by atoms with Crippen LogP contribution in [0, 0.1) is 5.92 Å². The fourth-order valence-electron chi connectivity index (χ4n) is 2.10. The Bertz CT molecular complexity index is 252. The van der Waals surface area contributed by atoms with Gasteiger partial charge < -0.3 is 5.32 Å². The number of allylic oxidation sites excluding steroid dienone is 5. The normalized spacial score (nSPS) is 23.6. The molecule has 2 rings (SSSR count). The van der Waals surface area contributed by atoms with Crippen LogP contribution in [0.25, 0.3) is 0 Å². The fraction of sp³-hybridized carbons (Fsp3) is 0.462. The van der Waals surface area contributed by atoms with Crippen LogP contribution in [0.2, 0.25) is 0 Å². The summed E-state index contributed by atoms with van der Waals surface area (Å²) in [5.74, 6) is 1.61. The van der Waals surface area contributed by atoms with Gasteiger partial charge in [-0.15, -0.1) is 0 Å². The predicted molar refractivity (Wildman–Crippen MR) is 60.4 cm³/mol. The minimum absolute atomic E-state index is 1.28. The van der Waals surface area contributed by atoms with E-state index in [1.54, 1.807) is 5.92 Å². The van der Waals surface area contributed by atoms with Crippen molar-refractivity contribution in [3.63, 3.8) is 0 Å². The first-order valence-electron chi connectivity index (χ1n) is 5.62. The van der Waals surface area contributed by atoms with Crippen molar-refractivity contribution in [3.8, 4) is 0 Å². The third-order valence-corrected chi connectivity index (χ3v) is 2.91. The molecule has 0 saturated heterocycles. The Balaban J connectivity index is 2.01. The number of nitrogens with one attached hydrogen (secondary N) is 1. The Morgan fingerprint density at radius 2 is 1.64 bits per heavy atom. The van der Waals surface area contributed by atoms with Gasteiger partial charge >= 0.3 is 0 Å². The standard InChI is InChI=1S/C13H18N/c1-2-5-9-12(8-4-1)13-10-6-3-7-11-14-13/h3,6-7,10-11,14H,1-2,4-5,8-9H2. The van der Waals surface area contributed by atoms with E-state index in [-0.39, 0.29) is 0 Å². The summed E-state index contributed by atoms with van der Waals surface area (Å²) in [6, 6.07) is 0. The number of rotatable bonds is 1. The van der Waals surface area contributed by atoms with Crippen LogP contribution in [0.5, 0.6) is 0 Å². The molecule has 75 valence electrons. The van der Waals surface area contributed by atoms with E-state index in [9.17, 15) is 0 Å². The summed E-state index contributed by atoms with van der Waals surface area (Å²) in [5.41, 5.74) is 1.33. The SMILES string of the molecule is C1=CC=C([C]2CCCCCC2)NC=C1. The molecule has 1 heteroatoms. The molecule has 1 saturated carbocycles. The molecular formula is C13H18N. The highest BCUT2D eigenvalue weighted by atomic mass is 14.9. The second-order valence-corrected chi connectivity index (χ2v) is 3.99. The lowest BCUT2D eigenvalue weighted by Crippen LogP contribution is -2.12. The minimum atomic E-state index is 1.28. The van der Waals surface area contributed by atoms with Crippen LogP contribution >= 0.6 is 0 Å². The molecule has 0 aromatic heterocycles. The molecule has 1 fully saturated rings. The van der Waals surface area contributed by atoms with Gasteiger partial charge in [0.05, 0.1) is 0 Å². The lowest BCUT2D eigenvalue weighted by atomic mass is 9.96. The van der Waals surface area contributed by atoms with E-state index < -0.39 is 0 Å². The summed E-state index contributed by atoms with van der Waals surface area (Å²) >= 11 is 0. The van der Waals surface area contributed by atoms with Crippen molar-refractivity contribution in [1.82, 2.24) is 5.32 Å². The van der Waals surface area contributed by atoms with Crippen molar-refractivity contribution in [2.24, 2.45) is 0 Å². The summed E-state index contributed by atoms with van der Waals surface area (Å²) in [4.78, 5) is 0. The Morgan fingerprint density at radius 1 is 0.857 bits per heavy atom. The van der Waals surface area contributed by atoms with Crippen LogP contribution in [0.4, 0.5) is 0 Å². The zero-order valence-corrected chi connectivity index (χ0v) is 8.63. The lowest BCUT2D eigenvalue weighted by molar-refractivity contribution is 0.702. The lowest BCUT2D eigenvalue weighted by Gasteiger charge is -2.16. The van der Waals surface area contributed by atoms with Crippen molar-refractivity contribution in [2.45, 2.75) is 38.5 Å². The Kier molecular flexibility index (Phi) is 3.44. The van der Waals surface area contributed by atoms with Crippen LogP contribution in [-0.2, 0) is 0 Å². The van der Waals surface area contributed by atoms with E-state index in [1.165, 1.54) is 44.2 Å². The zero-order chi connectivity index (χ0) is 9.64. The van der Waals surface area contributed by atoms with Gasteiger partial charge in [-0.3, -0.25) is 0 Å². The summed E-state index contributed by atoms with van der Waals surface area (Å²) in [5, 5.41) is 3.36. The van der Waals surface area contributed by atoms with Gasteiger partial charge in [0.15, 0.2) is 0 Å². The summed E-state index contributed by atoms with van der Waals surface area (Å²) in [6.45, 7) is 0. The molecule has 0 amide bonds. The second-order valence-electron chi connectivity index (χ2n) is 3.99. The smallest absolute Gasteiger partial charge is 0.0219 e. The van der Waals surface area contributed by atoms with E-state index in [0.717, 1.165) is 0 Å². The van der Waals surface area contributed by atoms with Gasteiger partial charge in [-0.2, -0.15) is 0 Å². The maximum Gasteiger partial charge on any atom is 0.0219 e. The number of hydrogen-bond acceptors (Lipinski definition) is 1. The maximum atomic E-state index is 3.36. The first-order valence-corrected chi connectivity index (χ1v) is 5.62. The van der Waals surface area contributed by atoms with E-state index in [2.05, 4.69) is 23.5 Å². The summed E-state index contributed by atoms with van der Waals surface area (Å²) in [7, 11) is 0. The van der Waals surface area contributed by atoms with E-state index in [1.807, 2.05) is 12.3 Å². The third kappa shape index (κ3) is 2.50. The van der Waals surface area contributed by atoms with Gasteiger partial charge in [0, 0.05) is 17.8 Å². The molecule has 14 heavy (non-hydrogen) atoms. The highest BCUT2D eigenvalue weighted by Crippen LogP contribution is 2.29. The minimum Gasteiger partial charge on any atom is -0.365 e. The van der Waals surface area contributed by atoms with Gasteiger partial charge in [0.2, 0.25) is 0 Å².